The van der Waals surface area contributed by atoms with E-state index in [4.69, 9.17) is 0 Å². The minimum Gasteiger partial charge on any atom is -0.505 e. The molecule has 0 saturated carbocycles. The van der Waals surface area contributed by atoms with Crippen LogP contribution in [0.5, 0.6) is 5.75 Å². The summed E-state index contributed by atoms with van der Waals surface area (Å²) in [5.74, 6) is -0.243. The van der Waals surface area contributed by atoms with Crippen molar-refractivity contribution < 1.29 is 14.7 Å². The van der Waals surface area contributed by atoms with Gasteiger partial charge in [-0.2, -0.15) is 0 Å². The van der Waals surface area contributed by atoms with E-state index in [1.165, 1.54) is 6.20 Å². The molecular formula is C19H23N3O3. The predicted molar refractivity (Wildman–Crippen MR) is 95.3 cm³/mol. The highest BCUT2D eigenvalue weighted by Crippen LogP contribution is 2.27. The van der Waals surface area contributed by atoms with Crippen molar-refractivity contribution in [3.8, 4) is 5.75 Å². The van der Waals surface area contributed by atoms with Crippen LogP contribution in [-0.4, -0.2) is 57.9 Å². The molecule has 0 spiro atoms. The fourth-order valence-electron chi connectivity index (χ4n) is 3.10. The number of carbonyl (C=O) groups is 2. The third kappa shape index (κ3) is 3.29. The Morgan fingerprint density at radius 3 is 2.28 bits per heavy atom. The molecule has 1 aliphatic rings. The molecular weight excluding hydrogens is 318 g/mol. The summed E-state index contributed by atoms with van der Waals surface area (Å²) in [6, 6.07) is 7.26. The molecule has 2 amide bonds. The van der Waals surface area contributed by atoms with Gasteiger partial charge in [-0.15, -0.1) is 0 Å². The van der Waals surface area contributed by atoms with Crippen molar-refractivity contribution in [3.05, 3.63) is 36.0 Å². The topological polar surface area (TPSA) is 73.7 Å². The molecule has 1 saturated heterocycles. The van der Waals surface area contributed by atoms with Crippen LogP contribution in [0.4, 0.5) is 0 Å². The zero-order valence-electron chi connectivity index (χ0n) is 14.8. The molecule has 2 heterocycles. The van der Waals surface area contributed by atoms with Gasteiger partial charge in [0.15, 0.2) is 0 Å². The maximum atomic E-state index is 12.9. The summed E-state index contributed by atoms with van der Waals surface area (Å²) in [7, 11) is 0. The second kappa shape index (κ2) is 6.35. The third-order valence-electron chi connectivity index (χ3n) is 4.47. The van der Waals surface area contributed by atoms with Gasteiger partial charge in [0.05, 0.1) is 17.3 Å². The van der Waals surface area contributed by atoms with Crippen LogP contribution in [0.25, 0.3) is 10.9 Å². The first kappa shape index (κ1) is 17.2. The SMILES string of the molecule is CC(C)(C)C(=O)N1CCN(C(=O)c2c(O)cnc3ccccc23)CC1. The Kier molecular flexibility index (Phi) is 4.37. The molecule has 1 aromatic heterocycles. The van der Waals surface area contributed by atoms with Crippen molar-refractivity contribution in [2.75, 3.05) is 26.2 Å². The molecule has 3 rings (SSSR count). The maximum Gasteiger partial charge on any atom is 0.258 e. The Morgan fingerprint density at radius 1 is 1.04 bits per heavy atom. The monoisotopic (exact) mass is 341 g/mol. The van der Waals surface area contributed by atoms with Crippen LogP contribution < -0.4 is 0 Å². The maximum absolute atomic E-state index is 12.9. The number of piperazine rings is 1. The number of carbonyl (C=O) groups excluding carboxylic acids is 2. The molecule has 0 bridgehead atoms. The predicted octanol–water partition coefficient (Wildman–Crippen LogP) is 2.27. The fraction of sp³-hybridized carbons (Fsp3) is 0.421. The quantitative estimate of drug-likeness (QED) is 0.863. The largest absolute Gasteiger partial charge is 0.505 e. The van der Waals surface area contributed by atoms with Gasteiger partial charge in [-0.05, 0) is 6.07 Å². The first-order chi connectivity index (χ1) is 11.8. The molecule has 0 aliphatic carbocycles. The molecule has 1 N–H and O–H groups in total. The normalized spacial score (nSPS) is 15.5. The average Bonchev–Trinajstić information content (AvgIpc) is 2.60. The summed E-state index contributed by atoms with van der Waals surface area (Å²) >= 11 is 0. The van der Waals surface area contributed by atoms with Gasteiger partial charge < -0.3 is 14.9 Å². The van der Waals surface area contributed by atoms with Gasteiger partial charge >= 0.3 is 0 Å². The third-order valence-corrected chi connectivity index (χ3v) is 4.47. The number of pyridine rings is 1. The second-order valence-corrected chi connectivity index (χ2v) is 7.37. The minimum absolute atomic E-state index is 0.0943. The fourth-order valence-corrected chi connectivity index (χ4v) is 3.10. The number of hydrogen-bond acceptors (Lipinski definition) is 4. The van der Waals surface area contributed by atoms with Gasteiger partial charge in [0.2, 0.25) is 5.91 Å². The van der Waals surface area contributed by atoms with E-state index in [0.29, 0.717) is 37.1 Å². The molecule has 0 radical (unpaired) electrons. The van der Waals surface area contributed by atoms with Crippen molar-refractivity contribution in [1.29, 1.82) is 0 Å². The Hall–Kier alpha value is -2.63. The Bertz CT molecular complexity index is 818. The summed E-state index contributed by atoms with van der Waals surface area (Å²) in [5, 5.41) is 10.8. The molecule has 25 heavy (non-hydrogen) atoms. The smallest absolute Gasteiger partial charge is 0.258 e. The summed E-state index contributed by atoms with van der Waals surface area (Å²) in [4.78, 5) is 33.0. The van der Waals surface area contributed by atoms with Crippen LogP contribution in [0, 0.1) is 5.41 Å². The van der Waals surface area contributed by atoms with E-state index in [2.05, 4.69) is 4.98 Å². The molecule has 1 aromatic carbocycles. The summed E-state index contributed by atoms with van der Waals surface area (Å²) in [5.41, 5.74) is 0.526. The van der Waals surface area contributed by atoms with Gasteiger partial charge in [-0.3, -0.25) is 14.6 Å². The Labute approximate surface area is 147 Å². The van der Waals surface area contributed by atoms with Gasteiger partial charge in [0.25, 0.3) is 5.91 Å². The Balaban J connectivity index is 1.80. The van der Waals surface area contributed by atoms with E-state index in [1.54, 1.807) is 15.9 Å². The highest BCUT2D eigenvalue weighted by atomic mass is 16.3. The lowest BCUT2D eigenvalue weighted by Crippen LogP contribution is -2.53. The molecule has 6 nitrogen and oxygen atoms in total. The van der Waals surface area contributed by atoms with Gasteiger partial charge in [-0.25, -0.2) is 0 Å². The van der Waals surface area contributed by atoms with E-state index in [0.717, 1.165) is 0 Å². The highest BCUT2D eigenvalue weighted by Gasteiger charge is 2.32. The molecule has 2 aromatic rings. The zero-order valence-corrected chi connectivity index (χ0v) is 14.8. The molecule has 0 unspecified atom stereocenters. The van der Waals surface area contributed by atoms with Crippen molar-refractivity contribution in [2.24, 2.45) is 5.41 Å². The lowest BCUT2D eigenvalue weighted by molar-refractivity contribution is -0.140. The summed E-state index contributed by atoms with van der Waals surface area (Å²) < 4.78 is 0. The van der Waals surface area contributed by atoms with E-state index in [9.17, 15) is 14.7 Å². The lowest BCUT2D eigenvalue weighted by Gasteiger charge is -2.37. The molecule has 132 valence electrons. The highest BCUT2D eigenvalue weighted by molar-refractivity contribution is 6.08. The number of nitrogens with zero attached hydrogens (tertiary/aromatic N) is 3. The van der Waals surface area contributed by atoms with Gasteiger partial charge in [-0.1, -0.05) is 39.0 Å². The van der Waals surface area contributed by atoms with Crippen molar-refractivity contribution >= 4 is 22.7 Å². The van der Waals surface area contributed by atoms with Crippen LogP contribution in [0.3, 0.4) is 0 Å². The number of benzene rings is 1. The molecule has 1 aliphatic heterocycles. The van der Waals surface area contributed by atoms with E-state index in [-0.39, 0.29) is 23.1 Å². The van der Waals surface area contributed by atoms with E-state index < -0.39 is 5.41 Å². The summed E-state index contributed by atoms with van der Waals surface area (Å²) in [6.45, 7) is 7.61. The number of aromatic hydroxyl groups is 1. The molecule has 0 atom stereocenters. The van der Waals surface area contributed by atoms with Crippen molar-refractivity contribution in [1.82, 2.24) is 14.8 Å². The molecule has 1 fully saturated rings. The van der Waals surface area contributed by atoms with Crippen LogP contribution in [0.15, 0.2) is 30.5 Å². The zero-order chi connectivity index (χ0) is 18.2. The van der Waals surface area contributed by atoms with Crippen molar-refractivity contribution in [3.63, 3.8) is 0 Å². The second-order valence-electron chi connectivity index (χ2n) is 7.37. The van der Waals surface area contributed by atoms with E-state index in [1.807, 2.05) is 39.0 Å². The van der Waals surface area contributed by atoms with Crippen LogP contribution in [-0.2, 0) is 4.79 Å². The van der Waals surface area contributed by atoms with Crippen LogP contribution >= 0.6 is 0 Å². The molecule has 6 heteroatoms. The van der Waals surface area contributed by atoms with Crippen LogP contribution in [0.1, 0.15) is 31.1 Å². The lowest BCUT2D eigenvalue weighted by atomic mass is 9.94. The van der Waals surface area contributed by atoms with Crippen molar-refractivity contribution in [2.45, 2.75) is 20.8 Å². The minimum atomic E-state index is -0.425. The van der Waals surface area contributed by atoms with E-state index >= 15 is 0 Å². The van der Waals surface area contributed by atoms with Gasteiger partial charge in [0.1, 0.15) is 5.75 Å². The average molecular weight is 341 g/mol. The number of para-hydroxylation sites is 1. The van der Waals surface area contributed by atoms with Gasteiger partial charge in [0, 0.05) is 37.0 Å². The first-order valence-electron chi connectivity index (χ1n) is 8.44. The van der Waals surface area contributed by atoms with Crippen LogP contribution in [0.2, 0.25) is 0 Å². The number of aromatic nitrogens is 1. The first-order valence-corrected chi connectivity index (χ1v) is 8.44. The summed E-state index contributed by atoms with van der Waals surface area (Å²) in [6.07, 6.45) is 1.31. The number of hydrogen-bond donors (Lipinski definition) is 1. The number of rotatable bonds is 1. The Morgan fingerprint density at radius 2 is 1.64 bits per heavy atom. The standard InChI is InChI=1S/C19H23N3O3/c1-19(2,3)18(25)22-10-8-21(9-11-22)17(24)16-13-6-4-5-7-14(13)20-12-15(16)23/h4-7,12,23H,8-11H2,1-3H3. The number of fused-ring (bicyclic) bond motifs is 1. The number of amides is 2.